The molecule has 0 aliphatic rings. The number of rotatable bonds is 1. The lowest BCUT2D eigenvalue weighted by Crippen LogP contribution is -2.35. The molecule has 0 spiro atoms. The molecule has 12 heavy (non-hydrogen) atoms. The Labute approximate surface area is 70.4 Å². The predicted molar refractivity (Wildman–Crippen MR) is 44.9 cm³/mol. The zero-order chi connectivity index (χ0) is 8.97. The molecule has 1 aromatic heterocycles. The number of aromatic nitrogens is 2. The van der Waals surface area contributed by atoms with Crippen molar-refractivity contribution in [3.63, 3.8) is 0 Å². The van der Waals surface area contributed by atoms with Gasteiger partial charge in [0.1, 0.15) is 0 Å². The summed E-state index contributed by atoms with van der Waals surface area (Å²) >= 11 is 0. The molecular weight excluding hydrogens is 156 g/mol. The van der Waals surface area contributed by atoms with Crippen LogP contribution in [0, 0.1) is 0 Å². The molecule has 1 aromatic rings. The van der Waals surface area contributed by atoms with Gasteiger partial charge in [-0.05, 0) is 6.07 Å². The first-order valence-corrected chi connectivity index (χ1v) is 3.48. The van der Waals surface area contributed by atoms with Crippen LogP contribution in [0.5, 0.6) is 0 Å². The summed E-state index contributed by atoms with van der Waals surface area (Å²) in [4.78, 5) is 20.2. The highest BCUT2D eigenvalue weighted by atomic mass is 16.2. The van der Waals surface area contributed by atoms with Crippen molar-refractivity contribution in [1.29, 1.82) is 0 Å². The Hall–Kier alpha value is -1.65. The Morgan fingerprint density at radius 3 is 2.58 bits per heavy atom. The van der Waals surface area contributed by atoms with Crippen molar-refractivity contribution in [3.05, 3.63) is 18.5 Å². The summed E-state index contributed by atoms with van der Waals surface area (Å²) in [6.07, 6.45) is 3.17. The van der Waals surface area contributed by atoms with Crippen molar-refractivity contribution >= 4 is 12.0 Å². The van der Waals surface area contributed by atoms with Crippen LogP contribution in [0.25, 0.3) is 0 Å². The van der Waals surface area contributed by atoms with Gasteiger partial charge in [0.05, 0.1) is 0 Å². The summed E-state index contributed by atoms with van der Waals surface area (Å²) in [7, 11) is 3.16. The van der Waals surface area contributed by atoms with E-state index in [0.717, 1.165) is 0 Å². The van der Waals surface area contributed by atoms with Crippen LogP contribution in [-0.2, 0) is 0 Å². The zero-order valence-electron chi connectivity index (χ0n) is 6.98. The van der Waals surface area contributed by atoms with Gasteiger partial charge in [-0.3, -0.25) is 4.90 Å². The molecule has 0 aliphatic heterocycles. The van der Waals surface area contributed by atoms with Gasteiger partial charge in [-0.1, -0.05) is 0 Å². The van der Waals surface area contributed by atoms with Crippen molar-refractivity contribution in [2.75, 3.05) is 19.0 Å². The normalized spacial score (nSPS) is 9.17. The second kappa shape index (κ2) is 3.66. The van der Waals surface area contributed by atoms with Crippen molar-refractivity contribution < 1.29 is 4.79 Å². The maximum atomic E-state index is 11.0. The summed E-state index contributed by atoms with van der Waals surface area (Å²) in [6, 6.07) is 1.46. The van der Waals surface area contributed by atoms with Crippen LogP contribution in [0.4, 0.5) is 10.7 Å². The first-order chi connectivity index (χ1) is 5.75. The van der Waals surface area contributed by atoms with Crippen LogP contribution >= 0.6 is 0 Å². The van der Waals surface area contributed by atoms with E-state index in [1.54, 1.807) is 32.6 Å². The molecule has 1 heterocycles. The molecule has 0 saturated carbocycles. The average molecular weight is 166 g/mol. The summed E-state index contributed by atoms with van der Waals surface area (Å²) in [5.41, 5.74) is 0. The lowest BCUT2D eigenvalue weighted by Gasteiger charge is -2.12. The minimum Gasteiger partial charge on any atom is -0.341 e. The third-order valence-corrected chi connectivity index (χ3v) is 1.37. The highest BCUT2D eigenvalue weighted by molar-refractivity contribution is 5.89. The number of nitrogens with zero attached hydrogens (tertiary/aromatic N) is 3. The Morgan fingerprint density at radius 2 is 2.08 bits per heavy atom. The first kappa shape index (κ1) is 8.45. The van der Waals surface area contributed by atoms with Crippen LogP contribution in [0.1, 0.15) is 0 Å². The van der Waals surface area contributed by atoms with E-state index >= 15 is 0 Å². The second-order valence-electron chi connectivity index (χ2n) is 2.16. The summed E-state index contributed by atoms with van der Waals surface area (Å²) in [5.74, 6) is 0.386. The quantitative estimate of drug-likeness (QED) is 0.650. The summed E-state index contributed by atoms with van der Waals surface area (Å²) in [6.45, 7) is 0. The zero-order valence-corrected chi connectivity index (χ0v) is 6.98. The third-order valence-electron chi connectivity index (χ3n) is 1.37. The van der Waals surface area contributed by atoms with Gasteiger partial charge in [-0.2, -0.15) is 0 Å². The van der Waals surface area contributed by atoms with E-state index in [2.05, 4.69) is 15.3 Å². The highest BCUT2D eigenvalue weighted by Gasteiger charge is 2.09. The molecule has 0 aromatic carbocycles. The van der Waals surface area contributed by atoms with Gasteiger partial charge in [-0.25, -0.2) is 14.8 Å². The standard InChI is InChI=1S/C7H10N4O/c1-8-7(12)11(2)6-9-4-3-5-10-6/h3-5H,1-2H3,(H,8,12). The molecule has 0 aliphatic carbocycles. The number of carbonyl (C=O) groups is 1. The van der Waals surface area contributed by atoms with Gasteiger partial charge in [0, 0.05) is 26.5 Å². The average Bonchev–Trinajstić information content (AvgIpc) is 2.17. The molecule has 0 atom stereocenters. The minimum absolute atomic E-state index is 0.235. The minimum atomic E-state index is -0.235. The largest absolute Gasteiger partial charge is 0.341 e. The fourth-order valence-electron chi connectivity index (χ4n) is 0.723. The Bertz CT molecular complexity index is 261. The monoisotopic (exact) mass is 166 g/mol. The molecule has 0 bridgehead atoms. The van der Waals surface area contributed by atoms with E-state index in [-0.39, 0.29) is 6.03 Å². The molecule has 0 unspecified atom stereocenters. The number of urea groups is 1. The lowest BCUT2D eigenvalue weighted by atomic mass is 10.6. The molecule has 0 fully saturated rings. The SMILES string of the molecule is CNC(=O)N(C)c1ncccn1. The van der Waals surface area contributed by atoms with E-state index in [1.807, 2.05) is 0 Å². The molecule has 0 radical (unpaired) electrons. The number of hydrogen-bond donors (Lipinski definition) is 1. The van der Waals surface area contributed by atoms with Crippen LogP contribution in [0.2, 0.25) is 0 Å². The van der Waals surface area contributed by atoms with E-state index in [4.69, 9.17) is 0 Å². The number of amides is 2. The van der Waals surface area contributed by atoms with E-state index < -0.39 is 0 Å². The molecule has 0 saturated heterocycles. The van der Waals surface area contributed by atoms with Crippen LogP contribution in [-0.4, -0.2) is 30.1 Å². The molecule has 2 amide bonds. The van der Waals surface area contributed by atoms with Gasteiger partial charge in [-0.15, -0.1) is 0 Å². The fraction of sp³-hybridized carbons (Fsp3) is 0.286. The van der Waals surface area contributed by atoms with Gasteiger partial charge in [0.15, 0.2) is 0 Å². The number of anilines is 1. The molecule has 1 rings (SSSR count). The number of hydrogen-bond acceptors (Lipinski definition) is 3. The van der Waals surface area contributed by atoms with Crippen LogP contribution < -0.4 is 10.2 Å². The van der Waals surface area contributed by atoms with Gasteiger partial charge >= 0.3 is 6.03 Å². The Kier molecular flexibility index (Phi) is 2.57. The highest BCUT2D eigenvalue weighted by Crippen LogP contribution is 2.00. The van der Waals surface area contributed by atoms with E-state index in [9.17, 15) is 4.79 Å². The number of nitrogens with one attached hydrogen (secondary N) is 1. The third kappa shape index (κ3) is 1.69. The molecule has 5 heteroatoms. The van der Waals surface area contributed by atoms with Crippen molar-refractivity contribution in [2.24, 2.45) is 0 Å². The topological polar surface area (TPSA) is 58.1 Å². The predicted octanol–water partition coefficient (Wildman–Crippen LogP) is 0.252. The number of carbonyl (C=O) groups excluding carboxylic acids is 1. The fourth-order valence-corrected chi connectivity index (χ4v) is 0.723. The lowest BCUT2D eigenvalue weighted by molar-refractivity contribution is 0.249. The van der Waals surface area contributed by atoms with Crippen molar-refractivity contribution in [1.82, 2.24) is 15.3 Å². The van der Waals surface area contributed by atoms with Crippen LogP contribution in [0.15, 0.2) is 18.5 Å². The maximum Gasteiger partial charge on any atom is 0.323 e. The summed E-state index contributed by atoms with van der Waals surface area (Å²) in [5, 5.41) is 2.47. The van der Waals surface area contributed by atoms with E-state index in [0.29, 0.717) is 5.95 Å². The first-order valence-electron chi connectivity index (χ1n) is 3.48. The van der Waals surface area contributed by atoms with Crippen LogP contribution in [0.3, 0.4) is 0 Å². The summed E-state index contributed by atoms with van der Waals surface area (Å²) < 4.78 is 0. The molecule has 5 nitrogen and oxygen atoms in total. The second-order valence-corrected chi connectivity index (χ2v) is 2.16. The van der Waals surface area contributed by atoms with Crippen molar-refractivity contribution in [2.45, 2.75) is 0 Å². The maximum absolute atomic E-state index is 11.0. The Balaban J connectivity index is 2.78. The van der Waals surface area contributed by atoms with Gasteiger partial charge in [0.25, 0.3) is 0 Å². The molecular formula is C7H10N4O. The smallest absolute Gasteiger partial charge is 0.323 e. The van der Waals surface area contributed by atoms with E-state index in [1.165, 1.54) is 4.90 Å². The Morgan fingerprint density at radius 1 is 1.50 bits per heavy atom. The van der Waals surface area contributed by atoms with Gasteiger partial charge in [0.2, 0.25) is 5.95 Å². The van der Waals surface area contributed by atoms with Gasteiger partial charge < -0.3 is 5.32 Å². The molecule has 64 valence electrons. The van der Waals surface area contributed by atoms with Crippen molar-refractivity contribution in [3.8, 4) is 0 Å². The molecule has 1 N–H and O–H groups in total.